The van der Waals surface area contributed by atoms with E-state index in [0.717, 1.165) is 17.4 Å². The van der Waals surface area contributed by atoms with Crippen LogP contribution in [0.15, 0.2) is 41.4 Å². The van der Waals surface area contributed by atoms with Gasteiger partial charge in [0, 0.05) is 10.5 Å². The molecule has 0 aliphatic rings. The summed E-state index contributed by atoms with van der Waals surface area (Å²) in [7, 11) is 0. The van der Waals surface area contributed by atoms with Gasteiger partial charge >= 0.3 is 0 Å². The Morgan fingerprint density at radius 3 is 2.59 bits per heavy atom. The molecule has 0 radical (unpaired) electrons. The first kappa shape index (κ1) is 14.5. The third-order valence-electron chi connectivity index (χ3n) is 2.91. The van der Waals surface area contributed by atoms with Crippen LogP contribution < -0.4 is 5.32 Å². The lowest BCUT2D eigenvalue weighted by atomic mass is 10.1. The molecule has 1 rings (SSSR count). The van der Waals surface area contributed by atoms with E-state index in [-0.39, 0.29) is 0 Å². The van der Waals surface area contributed by atoms with Gasteiger partial charge in [-0.1, -0.05) is 40.6 Å². The maximum atomic E-state index is 3.73. The Morgan fingerprint density at radius 1 is 1.24 bits per heavy atom. The number of halogens is 1. The molecule has 0 saturated heterocycles. The van der Waals surface area contributed by atoms with Crippen LogP contribution in [-0.2, 0) is 0 Å². The smallest absolute Gasteiger partial charge is 0.0291 e. The molecule has 0 saturated carbocycles. The molecule has 0 unspecified atom stereocenters. The molecule has 0 spiro atoms. The van der Waals surface area contributed by atoms with Crippen molar-refractivity contribution < 1.29 is 0 Å². The molecule has 0 bridgehead atoms. The van der Waals surface area contributed by atoms with Crippen LogP contribution in [0.2, 0.25) is 0 Å². The van der Waals surface area contributed by atoms with Crippen molar-refractivity contribution in [3.05, 3.63) is 47.0 Å². The second-order valence-corrected chi connectivity index (χ2v) is 5.28. The first-order valence-electron chi connectivity index (χ1n) is 6.34. The van der Waals surface area contributed by atoms with E-state index in [1.54, 1.807) is 0 Å². The van der Waals surface area contributed by atoms with Crippen LogP contribution in [0.25, 0.3) is 0 Å². The van der Waals surface area contributed by atoms with Crippen LogP contribution in [0.5, 0.6) is 0 Å². The third-order valence-corrected chi connectivity index (χ3v) is 3.43. The highest BCUT2D eigenvalue weighted by Crippen LogP contribution is 2.16. The fraction of sp³-hybridized carbons (Fsp3) is 0.467. The van der Waals surface area contributed by atoms with E-state index in [1.165, 1.54) is 24.8 Å². The lowest BCUT2D eigenvalue weighted by molar-refractivity contribution is 0.539. The van der Waals surface area contributed by atoms with E-state index in [2.05, 4.69) is 59.0 Å². The minimum atomic E-state index is 0.433. The molecule has 1 N–H and O–H groups in total. The van der Waals surface area contributed by atoms with Crippen molar-refractivity contribution in [1.29, 1.82) is 0 Å². The highest BCUT2D eigenvalue weighted by molar-refractivity contribution is 9.10. The number of benzene rings is 1. The lowest BCUT2D eigenvalue weighted by Crippen LogP contribution is -2.19. The first-order chi connectivity index (χ1) is 8.24. The molecule has 0 aromatic heterocycles. The zero-order valence-corrected chi connectivity index (χ0v) is 12.2. The number of hydrogen-bond donors (Lipinski definition) is 1. The van der Waals surface area contributed by atoms with Crippen LogP contribution in [0.3, 0.4) is 0 Å². The van der Waals surface area contributed by atoms with Crippen molar-refractivity contribution in [2.45, 2.75) is 38.6 Å². The number of hydrogen-bond acceptors (Lipinski definition) is 1. The maximum Gasteiger partial charge on any atom is 0.0291 e. The second-order valence-electron chi connectivity index (χ2n) is 4.37. The number of nitrogens with one attached hydrogen (secondary N) is 1. The zero-order valence-electron chi connectivity index (χ0n) is 10.6. The summed E-state index contributed by atoms with van der Waals surface area (Å²) >= 11 is 3.45. The highest BCUT2D eigenvalue weighted by Gasteiger charge is 2.03. The van der Waals surface area contributed by atoms with Gasteiger partial charge in [0.1, 0.15) is 0 Å². The minimum Gasteiger partial charge on any atom is -0.310 e. The Kier molecular flexibility index (Phi) is 7.22. The predicted molar refractivity (Wildman–Crippen MR) is 79.2 cm³/mol. The number of rotatable bonds is 8. The van der Waals surface area contributed by atoms with Crippen molar-refractivity contribution in [3.63, 3.8) is 0 Å². The van der Waals surface area contributed by atoms with Crippen molar-refractivity contribution in [2.75, 3.05) is 6.54 Å². The fourth-order valence-electron chi connectivity index (χ4n) is 1.78. The van der Waals surface area contributed by atoms with E-state index in [1.807, 2.05) is 6.08 Å². The van der Waals surface area contributed by atoms with Crippen molar-refractivity contribution in [1.82, 2.24) is 5.32 Å². The molecule has 1 atom stereocenters. The van der Waals surface area contributed by atoms with Gasteiger partial charge in [0.05, 0.1) is 0 Å². The van der Waals surface area contributed by atoms with Crippen LogP contribution in [-0.4, -0.2) is 6.54 Å². The van der Waals surface area contributed by atoms with Gasteiger partial charge in [-0.3, -0.25) is 0 Å². The molecule has 0 aliphatic heterocycles. The van der Waals surface area contributed by atoms with Crippen molar-refractivity contribution in [3.8, 4) is 0 Å². The van der Waals surface area contributed by atoms with Gasteiger partial charge in [-0.05, 0) is 50.4 Å². The summed E-state index contributed by atoms with van der Waals surface area (Å²) in [5.41, 5.74) is 1.35. The summed E-state index contributed by atoms with van der Waals surface area (Å²) in [4.78, 5) is 0. The Hall–Kier alpha value is -0.600. The van der Waals surface area contributed by atoms with E-state index in [4.69, 9.17) is 0 Å². The quantitative estimate of drug-likeness (QED) is 0.534. The highest BCUT2D eigenvalue weighted by atomic mass is 79.9. The van der Waals surface area contributed by atoms with E-state index in [0.29, 0.717) is 6.04 Å². The molecular weight excluding hydrogens is 274 g/mol. The Morgan fingerprint density at radius 2 is 1.94 bits per heavy atom. The third kappa shape index (κ3) is 6.04. The fourth-order valence-corrected chi connectivity index (χ4v) is 2.04. The molecular formula is C15H22BrN. The van der Waals surface area contributed by atoms with Gasteiger partial charge in [0.15, 0.2) is 0 Å². The van der Waals surface area contributed by atoms with Gasteiger partial charge in [-0.2, -0.15) is 0 Å². The molecule has 17 heavy (non-hydrogen) atoms. The van der Waals surface area contributed by atoms with Crippen LogP contribution >= 0.6 is 15.9 Å². The van der Waals surface area contributed by atoms with Gasteiger partial charge in [-0.25, -0.2) is 0 Å². The minimum absolute atomic E-state index is 0.433. The first-order valence-corrected chi connectivity index (χ1v) is 7.13. The molecule has 1 aromatic carbocycles. The van der Waals surface area contributed by atoms with Crippen molar-refractivity contribution >= 4 is 15.9 Å². The average Bonchev–Trinajstić information content (AvgIpc) is 2.34. The summed E-state index contributed by atoms with van der Waals surface area (Å²) in [6.07, 6.45) is 6.93. The second kappa shape index (κ2) is 8.48. The van der Waals surface area contributed by atoms with E-state index in [9.17, 15) is 0 Å². The summed E-state index contributed by atoms with van der Waals surface area (Å²) in [5, 5.41) is 3.55. The molecule has 94 valence electrons. The summed E-state index contributed by atoms with van der Waals surface area (Å²) in [6, 6.07) is 8.95. The molecule has 0 aliphatic carbocycles. The molecule has 0 heterocycles. The standard InChI is InChI=1S/C15H22BrN/c1-3-4-5-6-7-12-17-13(2)14-8-10-15(16)11-9-14/h3,8-11,13,17H,1,4-7,12H2,2H3/t13-/m1/s1. The van der Waals surface area contributed by atoms with Gasteiger partial charge in [0.2, 0.25) is 0 Å². The van der Waals surface area contributed by atoms with Gasteiger partial charge < -0.3 is 5.32 Å². The number of allylic oxidation sites excluding steroid dienone is 1. The molecule has 1 aromatic rings. The summed E-state index contributed by atoms with van der Waals surface area (Å²) < 4.78 is 1.14. The van der Waals surface area contributed by atoms with Crippen LogP contribution in [0, 0.1) is 0 Å². The molecule has 2 heteroatoms. The topological polar surface area (TPSA) is 12.0 Å². The lowest BCUT2D eigenvalue weighted by Gasteiger charge is -2.14. The maximum absolute atomic E-state index is 3.73. The Balaban J connectivity index is 2.18. The SMILES string of the molecule is C=CCCCCCN[C@H](C)c1ccc(Br)cc1. The zero-order chi connectivity index (χ0) is 12.5. The molecule has 0 amide bonds. The van der Waals surface area contributed by atoms with Crippen LogP contribution in [0.4, 0.5) is 0 Å². The van der Waals surface area contributed by atoms with E-state index < -0.39 is 0 Å². The normalized spacial score (nSPS) is 12.4. The molecule has 0 fully saturated rings. The summed E-state index contributed by atoms with van der Waals surface area (Å²) in [5.74, 6) is 0. The van der Waals surface area contributed by atoms with Gasteiger partial charge in [0.25, 0.3) is 0 Å². The van der Waals surface area contributed by atoms with Crippen molar-refractivity contribution in [2.24, 2.45) is 0 Å². The largest absolute Gasteiger partial charge is 0.310 e. The van der Waals surface area contributed by atoms with Gasteiger partial charge in [-0.15, -0.1) is 6.58 Å². The van der Waals surface area contributed by atoms with Crippen LogP contribution in [0.1, 0.15) is 44.2 Å². The Bertz CT molecular complexity index is 318. The average molecular weight is 296 g/mol. The predicted octanol–water partition coefficient (Wildman–Crippen LogP) is 4.85. The Labute approximate surface area is 113 Å². The monoisotopic (exact) mass is 295 g/mol. The number of unbranched alkanes of at least 4 members (excludes halogenated alkanes) is 3. The summed E-state index contributed by atoms with van der Waals surface area (Å²) in [6.45, 7) is 7.04. The molecule has 1 nitrogen and oxygen atoms in total. The van der Waals surface area contributed by atoms with E-state index >= 15 is 0 Å².